The molecule has 0 spiro atoms. The summed E-state index contributed by atoms with van der Waals surface area (Å²) in [6, 6.07) is 3.69. The number of nitrogens with zero attached hydrogens (tertiary/aromatic N) is 5. The summed E-state index contributed by atoms with van der Waals surface area (Å²) < 4.78 is 2.01. The number of carbonyl (C=O) groups excluding carboxylic acids is 1. The molecule has 0 unspecified atom stereocenters. The number of hydrogen-bond donors (Lipinski definition) is 1. The van der Waals surface area contributed by atoms with Gasteiger partial charge in [0.1, 0.15) is 11.4 Å². The van der Waals surface area contributed by atoms with E-state index < -0.39 is 5.56 Å². The Morgan fingerprint density at radius 3 is 2.89 bits per heavy atom. The molecule has 8 heteroatoms. The molecule has 0 aromatic carbocycles. The van der Waals surface area contributed by atoms with Gasteiger partial charge in [0.25, 0.3) is 11.5 Å². The van der Waals surface area contributed by atoms with Gasteiger partial charge in [-0.25, -0.2) is 9.97 Å². The van der Waals surface area contributed by atoms with E-state index in [4.69, 9.17) is 0 Å². The van der Waals surface area contributed by atoms with Gasteiger partial charge >= 0.3 is 0 Å². The van der Waals surface area contributed by atoms with Gasteiger partial charge in [-0.3, -0.25) is 14.6 Å². The summed E-state index contributed by atoms with van der Waals surface area (Å²) in [6.07, 6.45) is 13.9. The molecule has 1 amide bonds. The molecule has 144 valence electrons. The van der Waals surface area contributed by atoms with Crippen molar-refractivity contribution in [2.24, 2.45) is 0 Å². The molecule has 1 saturated heterocycles. The predicted octanol–water partition coefficient (Wildman–Crippen LogP) is 2.11. The van der Waals surface area contributed by atoms with Crippen LogP contribution in [0.5, 0.6) is 0 Å². The number of nitrogens with one attached hydrogen (secondary N) is 1. The van der Waals surface area contributed by atoms with Gasteiger partial charge in [0.05, 0.1) is 6.33 Å². The molecule has 0 saturated carbocycles. The molecule has 0 aliphatic carbocycles. The van der Waals surface area contributed by atoms with Crippen LogP contribution in [0.1, 0.15) is 36.0 Å². The maximum absolute atomic E-state index is 13.1. The lowest BCUT2D eigenvalue weighted by molar-refractivity contribution is 0.0593. The number of H-pyrrole nitrogens is 1. The molecule has 3 aromatic rings. The van der Waals surface area contributed by atoms with Crippen LogP contribution in [-0.4, -0.2) is 47.9 Å². The number of aromatic nitrogens is 5. The molecular formula is C20H22N6O2. The van der Waals surface area contributed by atoms with E-state index in [9.17, 15) is 9.59 Å². The summed E-state index contributed by atoms with van der Waals surface area (Å²) in [4.78, 5) is 42.6. The number of imidazole rings is 1. The van der Waals surface area contributed by atoms with Gasteiger partial charge < -0.3 is 14.5 Å². The average molecular weight is 378 g/mol. The summed E-state index contributed by atoms with van der Waals surface area (Å²) in [6.45, 7) is 1.46. The Balaban J connectivity index is 1.52. The number of pyridine rings is 1. The van der Waals surface area contributed by atoms with E-state index in [1.165, 1.54) is 6.20 Å². The zero-order valence-electron chi connectivity index (χ0n) is 15.5. The van der Waals surface area contributed by atoms with Crippen LogP contribution < -0.4 is 5.56 Å². The van der Waals surface area contributed by atoms with Crippen LogP contribution in [0.3, 0.4) is 0 Å². The first-order valence-electron chi connectivity index (χ1n) is 9.49. The molecule has 0 bridgehead atoms. The van der Waals surface area contributed by atoms with Crippen molar-refractivity contribution in [1.82, 2.24) is 29.4 Å². The largest absolute Gasteiger partial charge is 0.337 e. The molecule has 0 radical (unpaired) electrons. The van der Waals surface area contributed by atoms with Crippen LogP contribution in [0.4, 0.5) is 0 Å². The normalized spacial score (nSPS) is 16.9. The van der Waals surface area contributed by atoms with Gasteiger partial charge in [-0.05, 0) is 37.8 Å². The third kappa shape index (κ3) is 3.85. The molecule has 1 fully saturated rings. The maximum Gasteiger partial charge on any atom is 0.264 e. The summed E-state index contributed by atoms with van der Waals surface area (Å²) in [7, 11) is 0. The Hall–Kier alpha value is -3.29. The SMILES string of the molecule is O=C(c1cnc(-c2cccnc2)[nH]c1=O)N1CCCC[C@H]1CCn1ccnc1. The molecule has 1 N–H and O–H groups in total. The van der Waals surface area contributed by atoms with Crippen molar-refractivity contribution < 1.29 is 4.79 Å². The molecule has 4 heterocycles. The van der Waals surface area contributed by atoms with Crippen molar-refractivity contribution in [3.05, 3.63) is 65.4 Å². The van der Waals surface area contributed by atoms with E-state index in [0.29, 0.717) is 17.9 Å². The topological polar surface area (TPSA) is 96.8 Å². The second kappa shape index (κ2) is 8.16. The van der Waals surface area contributed by atoms with Crippen molar-refractivity contribution >= 4 is 5.91 Å². The van der Waals surface area contributed by atoms with Crippen LogP contribution in [0.2, 0.25) is 0 Å². The Kier molecular flexibility index (Phi) is 5.27. The van der Waals surface area contributed by atoms with Gasteiger partial charge in [-0.1, -0.05) is 0 Å². The van der Waals surface area contributed by atoms with Crippen LogP contribution in [0.15, 0.2) is 54.2 Å². The maximum atomic E-state index is 13.1. The first kappa shape index (κ1) is 18.1. The zero-order chi connectivity index (χ0) is 19.3. The number of hydrogen-bond acceptors (Lipinski definition) is 5. The van der Waals surface area contributed by atoms with Crippen molar-refractivity contribution in [3.8, 4) is 11.4 Å². The minimum Gasteiger partial charge on any atom is -0.337 e. The number of aromatic amines is 1. The van der Waals surface area contributed by atoms with Crippen LogP contribution in [-0.2, 0) is 6.54 Å². The molecular weight excluding hydrogens is 356 g/mol. The van der Waals surface area contributed by atoms with E-state index in [1.54, 1.807) is 31.0 Å². The number of aryl methyl sites for hydroxylation is 1. The first-order valence-corrected chi connectivity index (χ1v) is 9.49. The lowest BCUT2D eigenvalue weighted by atomic mass is 9.98. The Morgan fingerprint density at radius 1 is 1.21 bits per heavy atom. The summed E-state index contributed by atoms with van der Waals surface area (Å²) in [5.74, 6) is 0.159. The number of likely N-dealkylation sites (tertiary alicyclic amines) is 1. The molecule has 3 aromatic heterocycles. The van der Waals surface area contributed by atoms with E-state index in [-0.39, 0.29) is 17.5 Å². The quantitative estimate of drug-likeness (QED) is 0.733. The fourth-order valence-corrected chi connectivity index (χ4v) is 3.64. The van der Waals surface area contributed by atoms with Crippen LogP contribution in [0, 0.1) is 0 Å². The number of amides is 1. The highest BCUT2D eigenvalue weighted by Crippen LogP contribution is 2.22. The Labute approximate surface area is 162 Å². The van der Waals surface area contributed by atoms with E-state index >= 15 is 0 Å². The number of carbonyl (C=O) groups is 1. The van der Waals surface area contributed by atoms with Gasteiger partial charge in [0.15, 0.2) is 0 Å². The van der Waals surface area contributed by atoms with Crippen LogP contribution in [0.25, 0.3) is 11.4 Å². The lowest BCUT2D eigenvalue weighted by Gasteiger charge is -2.35. The zero-order valence-corrected chi connectivity index (χ0v) is 15.5. The lowest BCUT2D eigenvalue weighted by Crippen LogP contribution is -2.45. The highest BCUT2D eigenvalue weighted by molar-refractivity contribution is 5.94. The van der Waals surface area contributed by atoms with E-state index in [2.05, 4.69) is 19.9 Å². The molecule has 1 atom stereocenters. The second-order valence-electron chi connectivity index (χ2n) is 6.95. The molecule has 4 rings (SSSR count). The minimum atomic E-state index is -0.419. The number of rotatable bonds is 5. The monoisotopic (exact) mass is 378 g/mol. The third-order valence-corrected chi connectivity index (χ3v) is 5.13. The minimum absolute atomic E-state index is 0.0853. The fraction of sp³-hybridized carbons (Fsp3) is 0.350. The van der Waals surface area contributed by atoms with E-state index in [1.807, 2.05) is 21.7 Å². The Morgan fingerprint density at radius 2 is 2.14 bits per heavy atom. The molecule has 28 heavy (non-hydrogen) atoms. The summed E-state index contributed by atoms with van der Waals surface area (Å²) in [5.41, 5.74) is 0.370. The first-order chi connectivity index (χ1) is 13.7. The van der Waals surface area contributed by atoms with Crippen molar-refractivity contribution in [3.63, 3.8) is 0 Å². The summed E-state index contributed by atoms with van der Waals surface area (Å²) in [5, 5.41) is 0. The smallest absolute Gasteiger partial charge is 0.264 e. The second-order valence-corrected chi connectivity index (χ2v) is 6.95. The highest BCUT2D eigenvalue weighted by Gasteiger charge is 2.29. The van der Waals surface area contributed by atoms with Crippen molar-refractivity contribution in [2.75, 3.05) is 6.54 Å². The molecule has 8 nitrogen and oxygen atoms in total. The fourth-order valence-electron chi connectivity index (χ4n) is 3.64. The van der Waals surface area contributed by atoms with Crippen molar-refractivity contribution in [2.45, 2.75) is 38.3 Å². The summed E-state index contributed by atoms with van der Waals surface area (Å²) >= 11 is 0. The Bertz CT molecular complexity index is 983. The number of piperidine rings is 1. The van der Waals surface area contributed by atoms with Crippen molar-refractivity contribution in [1.29, 1.82) is 0 Å². The van der Waals surface area contributed by atoms with Gasteiger partial charge in [0, 0.05) is 55.7 Å². The highest BCUT2D eigenvalue weighted by atomic mass is 16.2. The predicted molar refractivity (Wildman–Crippen MR) is 104 cm³/mol. The average Bonchev–Trinajstić information content (AvgIpc) is 3.26. The van der Waals surface area contributed by atoms with Gasteiger partial charge in [-0.2, -0.15) is 0 Å². The standard InChI is InChI=1S/C20H22N6O2/c27-19-17(13-23-18(24-19)15-4-3-7-21-12-15)20(28)26-9-2-1-5-16(26)6-10-25-11-8-22-14-25/h3-4,7-8,11-14,16H,1-2,5-6,9-10H2,(H,23,24,27)/t16-/m0/s1. The van der Waals surface area contributed by atoms with Gasteiger partial charge in [0.2, 0.25) is 0 Å². The third-order valence-electron chi connectivity index (χ3n) is 5.13. The molecule has 1 aliphatic heterocycles. The van der Waals surface area contributed by atoms with E-state index in [0.717, 1.165) is 32.2 Å². The van der Waals surface area contributed by atoms with Gasteiger partial charge in [-0.15, -0.1) is 0 Å². The van der Waals surface area contributed by atoms with Crippen LogP contribution >= 0.6 is 0 Å². The molecule has 1 aliphatic rings.